The van der Waals surface area contributed by atoms with Crippen LogP contribution in [0.15, 0.2) is 6.08 Å². The second kappa shape index (κ2) is 5.03. The SMILES string of the molecule is [CH]=CCCCCl. The van der Waals surface area contributed by atoms with Crippen molar-refractivity contribution in [2.45, 2.75) is 12.8 Å². The molecule has 0 saturated carbocycles. The van der Waals surface area contributed by atoms with E-state index in [1.54, 1.807) is 6.08 Å². The Hall–Kier alpha value is 0.0300. The molecule has 0 aromatic carbocycles. The highest BCUT2D eigenvalue weighted by Gasteiger charge is 1.73. The van der Waals surface area contributed by atoms with Crippen molar-refractivity contribution in [1.29, 1.82) is 0 Å². The Labute approximate surface area is 43.8 Å². The zero-order valence-corrected chi connectivity index (χ0v) is 4.41. The van der Waals surface area contributed by atoms with Gasteiger partial charge in [0.25, 0.3) is 0 Å². The Bertz CT molecular complexity index is 32.9. The first-order valence-corrected chi connectivity index (χ1v) is 2.54. The molecule has 0 spiro atoms. The van der Waals surface area contributed by atoms with Gasteiger partial charge in [-0.05, 0) is 12.8 Å². The molecule has 6 heavy (non-hydrogen) atoms. The first kappa shape index (κ1) is 6.03. The summed E-state index contributed by atoms with van der Waals surface area (Å²) in [6, 6.07) is 0. The smallest absolute Gasteiger partial charge is 0.0226 e. The number of hydrogen-bond donors (Lipinski definition) is 0. The molecule has 0 N–H and O–H groups in total. The lowest BCUT2D eigenvalue weighted by atomic mass is 10.3. The van der Waals surface area contributed by atoms with Crippen molar-refractivity contribution in [2.24, 2.45) is 0 Å². The largest absolute Gasteiger partial charge is 0.127 e. The average Bonchev–Trinajstić information content (AvgIpc) is 1.61. The summed E-state index contributed by atoms with van der Waals surface area (Å²) in [4.78, 5) is 0. The second-order valence-electron chi connectivity index (χ2n) is 1.07. The average molecular weight is 104 g/mol. The normalized spacial score (nSPS) is 8.17. The van der Waals surface area contributed by atoms with Crippen LogP contribution in [0.1, 0.15) is 12.8 Å². The van der Waals surface area contributed by atoms with Crippen molar-refractivity contribution < 1.29 is 0 Å². The Morgan fingerprint density at radius 1 is 1.67 bits per heavy atom. The van der Waals surface area contributed by atoms with Gasteiger partial charge in [-0.25, -0.2) is 0 Å². The molecule has 0 aliphatic carbocycles. The number of unbranched alkanes of at least 4 members (excludes halogenated alkanes) is 1. The van der Waals surface area contributed by atoms with Gasteiger partial charge in [0.1, 0.15) is 0 Å². The minimum atomic E-state index is 0.716. The highest BCUT2D eigenvalue weighted by atomic mass is 35.5. The Morgan fingerprint density at radius 3 is 2.50 bits per heavy atom. The third kappa shape index (κ3) is 4.03. The molecule has 0 atom stereocenters. The monoisotopic (exact) mass is 103 g/mol. The zero-order chi connectivity index (χ0) is 4.83. The highest BCUT2D eigenvalue weighted by Crippen LogP contribution is 1.89. The number of alkyl halides is 1. The van der Waals surface area contributed by atoms with Gasteiger partial charge < -0.3 is 0 Å². The molecule has 0 fully saturated rings. The van der Waals surface area contributed by atoms with Crippen LogP contribution in [-0.2, 0) is 0 Å². The first-order chi connectivity index (χ1) is 2.91. The van der Waals surface area contributed by atoms with E-state index >= 15 is 0 Å². The van der Waals surface area contributed by atoms with Gasteiger partial charge in [0.05, 0.1) is 0 Å². The van der Waals surface area contributed by atoms with Crippen LogP contribution in [0.3, 0.4) is 0 Å². The molecule has 0 aliphatic rings. The molecule has 0 aromatic rings. The number of hydrogen-bond acceptors (Lipinski definition) is 0. The van der Waals surface area contributed by atoms with Crippen LogP contribution >= 0.6 is 11.6 Å². The third-order valence-electron chi connectivity index (χ3n) is 0.504. The van der Waals surface area contributed by atoms with Crippen LogP contribution in [0.25, 0.3) is 0 Å². The van der Waals surface area contributed by atoms with Crippen LogP contribution in [0, 0.1) is 6.58 Å². The molecule has 0 rings (SSSR count). The van der Waals surface area contributed by atoms with Crippen LogP contribution in [-0.4, -0.2) is 5.88 Å². The predicted octanol–water partition coefficient (Wildman–Crippen LogP) is 1.99. The van der Waals surface area contributed by atoms with E-state index in [1.807, 2.05) is 0 Å². The predicted molar refractivity (Wildman–Crippen MR) is 28.8 cm³/mol. The lowest BCUT2D eigenvalue weighted by Crippen LogP contribution is -1.67. The van der Waals surface area contributed by atoms with Crippen LogP contribution in [0.2, 0.25) is 0 Å². The summed E-state index contributed by atoms with van der Waals surface area (Å²) in [5.41, 5.74) is 0. The summed E-state index contributed by atoms with van der Waals surface area (Å²) in [5, 5.41) is 0. The van der Waals surface area contributed by atoms with Gasteiger partial charge in [-0.1, -0.05) is 12.7 Å². The van der Waals surface area contributed by atoms with Crippen LogP contribution in [0.5, 0.6) is 0 Å². The van der Waals surface area contributed by atoms with E-state index < -0.39 is 0 Å². The lowest BCUT2D eigenvalue weighted by Gasteiger charge is -1.80. The third-order valence-corrected chi connectivity index (χ3v) is 0.772. The fourth-order valence-electron chi connectivity index (χ4n) is 0.195. The van der Waals surface area contributed by atoms with Gasteiger partial charge in [0, 0.05) is 5.88 Å². The molecule has 0 saturated heterocycles. The highest BCUT2D eigenvalue weighted by molar-refractivity contribution is 6.17. The maximum atomic E-state index is 5.30. The van der Waals surface area contributed by atoms with Gasteiger partial charge in [-0.2, -0.15) is 0 Å². The van der Waals surface area contributed by atoms with Crippen molar-refractivity contribution >= 4 is 11.6 Å². The van der Waals surface area contributed by atoms with Crippen molar-refractivity contribution in [3.63, 3.8) is 0 Å². The summed E-state index contributed by atoms with van der Waals surface area (Å²) < 4.78 is 0. The van der Waals surface area contributed by atoms with E-state index in [1.165, 1.54) is 0 Å². The number of rotatable bonds is 3. The number of halogens is 1. The molecule has 0 aromatic heterocycles. The molecule has 0 unspecified atom stereocenters. The molecule has 1 radical (unpaired) electrons. The van der Waals surface area contributed by atoms with Crippen molar-refractivity contribution in [2.75, 3.05) is 5.88 Å². The summed E-state index contributed by atoms with van der Waals surface area (Å²) in [6.07, 6.45) is 3.56. The van der Waals surface area contributed by atoms with Crippen molar-refractivity contribution in [1.82, 2.24) is 0 Å². The fourth-order valence-corrected chi connectivity index (χ4v) is 0.349. The van der Waals surface area contributed by atoms with E-state index in [0.29, 0.717) is 5.88 Å². The van der Waals surface area contributed by atoms with E-state index in [-0.39, 0.29) is 0 Å². The summed E-state index contributed by atoms with van der Waals surface area (Å²) >= 11 is 5.30. The fraction of sp³-hybridized carbons (Fsp3) is 0.600. The van der Waals surface area contributed by atoms with Crippen LogP contribution < -0.4 is 0 Å². The minimum absolute atomic E-state index is 0.716. The van der Waals surface area contributed by atoms with Gasteiger partial charge in [-0.3, -0.25) is 0 Å². The maximum absolute atomic E-state index is 5.30. The molecule has 1 heteroatoms. The van der Waals surface area contributed by atoms with Gasteiger partial charge in [-0.15, -0.1) is 11.6 Å². The molecule has 35 valence electrons. The summed E-state index contributed by atoms with van der Waals surface area (Å²) in [7, 11) is 0. The molecule has 0 aliphatic heterocycles. The van der Waals surface area contributed by atoms with Gasteiger partial charge in [0.15, 0.2) is 0 Å². The topological polar surface area (TPSA) is 0 Å². The van der Waals surface area contributed by atoms with Crippen molar-refractivity contribution in [3.05, 3.63) is 12.7 Å². The minimum Gasteiger partial charge on any atom is -0.127 e. The second-order valence-corrected chi connectivity index (χ2v) is 1.44. The Kier molecular flexibility index (Phi) is 5.06. The van der Waals surface area contributed by atoms with Gasteiger partial charge >= 0.3 is 0 Å². The van der Waals surface area contributed by atoms with E-state index in [4.69, 9.17) is 18.2 Å². The lowest BCUT2D eigenvalue weighted by molar-refractivity contribution is 0.968. The summed E-state index contributed by atoms with van der Waals surface area (Å²) in [5.74, 6) is 0.716. The summed E-state index contributed by atoms with van der Waals surface area (Å²) in [6.45, 7) is 5.03. The Morgan fingerprint density at radius 2 is 2.33 bits per heavy atom. The van der Waals surface area contributed by atoms with E-state index in [9.17, 15) is 0 Å². The molecule has 0 bridgehead atoms. The Balaban J connectivity index is 2.49. The number of allylic oxidation sites excluding steroid dienone is 1. The molecular formula is C5H8Cl. The molecule has 0 amide bonds. The molecular weight excluding hydrogens is 95.5 g/mol. The molecule has 0 heterocycles. The first-order valence-electron chi connectivity index (χ1n) is 2.01. The standard InChI is InChI=1S/C5H8Cl/c1-2-3-4-5-6/h1-2H,3-5H2. The van der Waals surface area contributed by atoms with Crippen molar-refractivity contribution in [3.8, 4) is 0 Å². The molecule has 0 nitrogen and oxygen atoms in total. The van der Waals surface area contributed by atoms with Crippen LogP contribution in [0.4, 0.5) is 0 Å². The van der Waals surface area contributed by atoms with E-state index in [0.717, 1.165) is 12.8 Å². The van der Waals surface area contributed by atoms with E-state index in [2.05, 4.69) is 0 Å². The quantitative estimate of drug-likeness (QED) is 0.379. The maximum Gasteiger partial charge on any atom is 0.0226 e. The van der Waals surface area contributed by atoms with Gasteiger partial charge in [0.2, 0.25) is 0 Å². The zero-order valence-electron chi connectivity index (χ0n) is 3.65.